The molecule has 5 nitrogen and oxygen atoms in total. The predicted octanol–water partition coefficient (Wildman–Crippen LogP) is 17.2. The molecule has 3 aromatic heterocycles. The van der Waals surface area contributed by atoms with Gasteiger partial charge in [0.05, 0.1) is 11.0 Å². The summed E-state index contributed by atoms with van der Waals surface area (Å²) in [6.45, 7) is 0. The summed E-state index contributed by atoms with van der Waals surface area (Å²) in [5.74, 6) is 1.77. The van der Waals surface area contributed by atoms with Crippen molar-refractivity contribution in [1.82, 2.24) is 19.5 Å². The Kier molecular flexibility index (Phi) is 9.14. The fourth-order valence-corrected chi connectivity index (χ4v) is 10.3. The van der Waals surface area contributed by atoms with Gasteiger partial charge in [-0.1, -0.05) is 182 Å². The number of benzene rings is 11. The number of nitrogens with zero attached hydrogens (tertiary/aromatic N) is 4. The van der Waals surface area contributed by atoms with E-state index in [0.717, 1.165) is 93.6 Å². The summed E-state index contributed by atoms with van der Waals surface area (Å²) in [5.41, 5.74) is 14.2. The average Bonchev–Trinajstić information content (AvgIpc) is 3.97. The number of hydrogen-bond donors (Lipinski definition) is 0. The third kappa shape index (κ3) is 6.75. The second-order valence-electron chi connectivity index (χ2n) is 18.0. The van der Waals surface area contributed by atoms with Crippen molar-refractivity contribution in [2.75, 3.05) is 0 Å². The third-order valence-corrected chi connectivity index (χ3v) is 13.8. The zero-order valence-electron chi connectivity index (χ0n) is 37.8. The lowest BCUT2D eigenvalue weighted by Gasteiger charge is -2.12. The predicted molar refractivity (Wildman–Crippen MR) is 289 cm³/mol. The minimum atomic E-state index is 0.570. The molecule has 11 aromatic carbocycles. The smallest absolute Gasteiger partial charge is 0.164 e. The lowest BCUT2D eigenvalue weighted by Crippen LogP contribution is -2.01. The molecule has 0 atom stereocenters. The van der Waals surface area contributed by atoms with Crippen LogP contribution in [0.3, 0.4) is 0 Å². The van der Waals surface area contributed by atoms with Gasteiger partial charge in [-0.15, -0.1) is 0 Å². The van der Waals surface area contributed by atoms with E-state index in [1.807, 2.05) is 6.07 Å². The van der Waals surface area contributed by atoms with Gasteiger partial charge in [0.15, 0.2) is 17.5 Å². The molecule has 0 bridgehead atoms. The Bertz CT molecular complexity index is 4250. The minimum absolute atomic E-state index is 0.570. The quantitative estimate of drug-likeness (QED) is 0.160. The highest BCUT2D eigenvalue weighted by molar-refractivity contribution is 6.15. The van der Waals surface area contributed by atoms with Gasteiger partial charge in [0.25, 0.3) is 0 Å². The van der Waals surface area contributed by atoms with Crippen LogP contribution in [-0.2, 0) is 0 Å². The van der Waals surface area contributed by atoms with Gasteiger partial charge in [0.1, 0.15) is 11.2 Å². The van der Waals surface area contributed by atoms with Crippen LogP contribution in [0.1, 0.15) is 0 Å². The summed E-state index contributed by atoms with van der Waals surface area (Å²) in [7, 11) is 0. The Morgan fingerprint density at radius 3 is 1.43 bits per heavy atom. The first-order valence-electron chi connectivity index (χ1n) is 23.7. The Morgan fingerprint density at radius 1 is 0.286 bits per heavy atom. The highest BCUT2D eigenvalue weighted by Crippen LogP contribution is 2.43. The van der Waals surface area contributed by atoms with E-state index in [1.165, 1.54) is 27.5 Å². The van der Waals surface area contributed by atoms with Crippen LogP contribution in [0.25, 0.3) is 139 Å². The maximum atomic E-state index is 7.05. The molecule has 0 N–H and O–H groups in total. The van der Waals surface area contributed by atoms with E-state index in [0.29, 0.717) is 17.5 Å². The first-order chi connectivity index (χ1) is 34.6. The van der Waals surface area contributed by atoms with E-state index < -0.39 is 0 Å². The Morgan fingerprint density at radius 2 is 0.800 bits per heavy atom. The van der Waals surface area contributed by atoms with Gasteiger partial charge in [0.2, 0.25) is 0 Å². The van der Waals surface area contributed by atoms with E-state index >= 15 is 0 Å². The van der Waals surface area contributed by atoms with E-state index in [1.54, 1.807) is 0 Å². The number of hydrogen-bond acceptors (Lipinski definition) is 4. The molecule has 0 fully saturated rings. The second-order valence-corrected chi connectivity index (χ2v) is 18.0. The monoisotopic (exact) mass is 892 g/mol. The van der Waals surface area contributed by atoms with Gasteiger partial charge in [0, 0.05) is 50.0 Å². The summed E-state index contributed by atoms with van der Waals surface area (Å²) in [6, 6.07) is 85.9. The van der Waals surface area contributed by atoms with Crippen LogP contribution in [0.4, 0.5) is 0 Å². The number of fused-ring (bicyclic) bond motifs is 8. The van der Waals surface area contributed by atoms with Crippen LogP contribution in [-0.4, -0.2) is 19.5 Å². The summed E-state index contributed by atoms with van der Waals surface area (Å²) in [6.07, 6.45) is 0. The molecule has 14 rings (SSSR count). The molecule has 0 amide bonds. The number of furan rings is 1. The molecule has 0 saturated heterocycles. The van der Waals surface area contributed by atoms with Crippen LogP contribution in [0.5, 0.6) is 0 Å². The van der Waals surface area contributed by atoms with Crippen LogP contribution < -0.4 is 0 Å². The largest absolute Gasteiger partial charge is 0.456 e. The van der Waals surface area contributed by atoms with Crippen molar-refractivity contribution in [3.05, 3.63) is 243 Å². The SMILES string of the molecule is c1ccc(-c2cc(-c3nc(-c4ccc5ccccc5c4)nc(-c4ccc5ccccc5c4)n3)c3c(c2)oc2cc(-n4c5ccc(-c6ccccc6)cc5c5ccc(-c6ccccc6)cc54)ccc23)cc1. The minimum Gasteiger partial charge on any atom is -0.456 e. The van der Waals surface area contributed by atoms with Crippen molar-refractivity contribution in [2.45, 2.75) is 0 Å². The standard InChI is InChI=1S/C65H40N4O/c1-4-14-41(15-5-1)48-29-33-58-56(36-48)54-31-28-49(42-16-6-2-7-17-42)38-59(54)69(58)53-30-32-55-60(40-53)70-61-39-52(43-18-8-3-9-19-43)37-57(62(55)61)65-67-63(50-26-24-44-20-10-12-22-46(44)34-50)66-64(68-65)51-27-25-45-21-11-13-23-47(45)35-51/h1-40H. The third-order valence-electron chi connectivity index (χ3n) is 13.8. The Hall–Kier alpha value is -9.45. The molecule has 3 heterocycles. The molecule has 0 spiro atoms. The molecule has 0 saturated carbocycles. The molecule has 0 aliphatic heterocycles. The molecule has 0 aliphatic rings. The van der Waals surface area contributed by atoms with Crippen molar-refractivity contribution in [3.63, 3.8) is 0 Å². The zero-order valence-corrected chi connectivity index (χ0v) is 37.8. The molecule has 0 aliphatic carbocycles. The van der Waals surface area contributed by atoms with Crippen molar-refractivity contribution < 1.29 is 4.42 Å². The molecule has 5 heteroatoms. The van der Waals surface area contributed by atoms with Crippen LogP contribution in [0, 0.1) is 0 Å². The fourth-order valence-electron chi connectivity index (χ4n) is 10.3. The van der Waals surface area contributed by atoms with Crippen molar-refractivity contribution in [2.24, 2.45) is 0 Å². The average molecular weight is 893 g/mol. The van der Waals surface area contributed by atoms with Gasteiger partial charge in [-0.25, -0.2) is 15.0 Å². The van der Waals surface area contributed by atoms with Gasteiger partial charge < -0.3 is 8.98 Å². The van der Waals surface area contributed by atoms with Crippen molar-refractivity contribution in [3.8, 4) is 73.2 Å². The van der Waals surface area contributed by atoms with E-state index in [2.05, 4.69) is 241 Å². The van der Waals surface area contributed by atoms with Gasteiger partial charge >= 0.3 is 0 Å². The summed E-state index contributed by atoms with van der Waals surface area (Å²) >= 11 is 0. The molecule has 70 heavy (non-hydrogen) atoms. The summed E-state index contributed by atoms with van der Waals surface area (Å²) in [4.78, 5) is 15.9. The first kappa shape index (κ1) is 39.7. The maximum Gasteiger partial charge on any atom is 0.164 e. The Labute approximate surface area is 403 Å². The van der Waals surface area contributed by atoms with Crippen LogP contribution in [0.2, 0.25) is 0 Å². The molecule has 14 aromatic rings. The molecule has 326 valence electrons. The van der Waals surface area contributed by atoms with Gasteiger partial charge in [-0.05, 0) is 110 Å². The summed E-state index contributed by atoms with van der Waals surface area (Å²) < 4.78 is 9.43. The van der Waals surface area contributed by atoms with E-state index in [-0.39, 0.29) is 0 Å². The van der Waals surface area contributed by atoms with E-state index in [9.17, 15) is 0 Å². The highest BCUT2D eigenvalue weighted by atomic mass is 16.3. The molecular formula is C65H40N4O. The van der Waals surface area contributed by atoms with Crippen LogP contribution in [0.15, 0.2) is 247 Å². The Balaban J connectivity index is 1.00. The molecule has 0 unspecified atom stereocenters. The maximum absolute atomic E-state index is 7.05. The first-order valence-corrected chi connectivity index (χ1v) is 23.7. The fraction of sp³-hybridized carbons (Fsp3) is 0. The second kappa shape index (κ2) is 16.1. The van der Waals surface area contributed by atoms with Gasteiger partial charge in [-0.3, -0.25) is 0 Å². The lowest BCUT2D eigenvalue weighted by atomic mass is 9.98. The molecule has 0 radical (unpaired) electrons. The van der Waals surface area contributed by atoms with Crippen LogP contribution >= 0.6 is 0 Å². The normalized spacial score (nSPS) is 11.7. The topological polar surface area (TPSA) is 56.7 Å². The number of aromatic nitrogens is 4. The lowest BCUT2D eigenvalue weighted by molar-refractivity contribution is 0.669. The zero-order chi connectivity index (χ0) is 46.1. The van der Waals surface area contributed by atoms with Crippen molar-refractivity contribution >= 4 is 65.3 Å². The summed E-state index contributed by atoms with van der Waals surface area (Å²) in [5, 5.41) is 8.86. The molecular weight excluding hydrogens is 853 g/mol. The van der Waals surface area contributed by atoms with Gasteiger partial charge in [-0.2, -0.15) is 0 Å². The van der Waals surface area contributed by atoms with Crippen molar-refractivity contribution in [1.29, 1.82) is 0 Å². The highest BCUT2D eigenvalue weighted by Gasteiger charge is 2.22. The number of rotatable bonds is 7. The van der Waals surface area contributed by atoms with E-state index in [4.69, 9.17) is 19.4 Å².